The Balaban J connectivity index is 2.18. The van der Waals surface area contributed by atoms with Gasteiger partial charge in [0, 0.05) is 10.8 Å². The van der Waals surface area contributed by atoms with Crippen LogP contribution in [0.3, 0.4) is 0 Å². The number of thioether (sulfide) groups is 1. The van der Waals surface area contributed by atoms with Gasteiger partial charge in [0.2, 0.25) is 5.91 Å². The molecule has 1 saturated heterocycles. The van der Waals surface area contributed by atoms with Crippen molar-refractivity contribution in [1.29, 1.82) is 0 Å². The van der Waals surface area contributed by atoms with Crippen molar-refractivity contribution in [3.8, 4) is 11.5 Å². The molecule has 2 heterocycles. The first-order chi connectivity index (χ1) is 10.3. The number of amides is 1. The number of nitrogens with two attached hydrogens (primary N) is 1. The van der Waals surface area contributed by atoms with Gasteiger partial charge in [-0.2, -0.15) is 0 Å². The number of benzene rings is 1. The van der Waals surface area contributed by atoms with Crippen LogP contribution in [-0.4, -0.2) is 48.8 Å². The Kier molecular flexibility index (Phi) is 3.30. The zero-order valence-corrected chi connectivity index (χ0v) is 12.4. The molecule has 2 aliphatic heterocycles. The molecule has 0 bridgehead atoms. The predicted octanol–water partition coefficient (Wildman–Crippen LogP) is 0.524. The van der Waals surface area contributed by atoms with Crippen molar-refractivity contribution < 1.29 is 24.9 Å². The minimum absolute atomic E-state index is 0.118. The fourth-order valence-electron chi connectivity index (χ4n) is 2.75. The molecule has 0 saturated carbocycles. The molecule has 0 aliphatic carbocycles. The van der Waals surface area contributed by atoms with E-state index in [2.05, 4.69) is 0 Å². The van der Waals surface area contributed by atoms with Gasteiger partial charge in [0.1, 0.15) is 17.1 Å². The minimum Gasteiger partial charge on any atom is -0.504 e. The van der Waals surface area contributed by atoms with Crippen LogP contribution in [0.2, 0.25) is 0 Å². The second-order valence-electron chi connectivity index (χ2n) is 5.17. The van der Waals surface area contributed by atoms with Crippen molar-refractivity contribution in [2.45, 2.75) is 23.6 Å². The summed E-state index contributed by atoms with van der Waals surface area (Å²) in [5.74, 6) is -2.29. The van der Waals surface area contributed by atoms with Crippen LogP contribution in [0.25, 0.3) is 5.57 Å². The van der Waals surface area contributed by atoms with Gasteiger partial charge < -0.3 is 21.1 Å². The molecule has 0 radical (unpaired) electrons. The summed E-state index contributed by atoms with van der Waals surface area (Å²) in [6, 6.07) is 3.38. The Morgan fingerprint density at radius 3 is 2.59 bits per heavy atom. The van der Waals surface area contributed by atoms with Gasteiger partial charge in [-0.25, -0.2) is 4.79 Å². The maximum atomic E-state index is 11.9. The fraction of sp³-hybridized carbons (Fsp3) is 0.286. The van der Waals surface area contributed by atoms with Gasteiger partial charge in [0.15, 0.2) is 11.5 Å². The lowest BCUT2D eigenvalue weighted by Crippen LogP contribution is -2.68. The maximum Gasteiger partial charge on any atom is 0.352 e. The molecule has 116 valence electrons. The number of aliphatic carboxylic acids is 1. The molecule has 5 N–H and O–H groups in total. The van der Waals surface area contributed by atoms with Crippen molar-refractivity contribution in [3.05, 3.63) is 29.5 Å². The molecule has 1 aromatic rings. The van der Waals surface area contributed by atoms with Crippen molar-refractivity contribution in [2.24, 2.45) is 5.73 Å². The van der Waals surface area contributed by atoms with Gasteiger partial charge >= 0.3 is 5.97 Å². The second-order valence-corrected chi connectivity index (χ2v) is 6.64. The van der Waals surface area contributed by atoms with E-state index in [1.165, 1.54) is 34.9 Å². The molecule has 0 spiro atoms. The number of carboxylic acid groups (broad SMARTS) is 1. The lowest BCUT2D eigenvalue weighted by Gasteiger charge is -2.49. The van der Waals surface area contributed by atoms with Crippen LogP contribution < -0.4 is 5.73 Å². The van der Waals surface area contributed by atoms with E-state index in [1.807, 2.05) is 6.92 Å². The molecule has 0 aromatic heterocycles. The Bertz CT molecular complexity index is 717. The van der Waals surface area contributed by atoms with E-state index < -0.39 is 17.9 Å². The monoisotopic (exact) mass is 322 g/mol. The van der Waals surface area contributed by atoms with Gasteiger partial charge in [-0.15, -0.1) is 11.8 Å². The third-order valence-electron chi connectivity index (χ3n) is 3.82. The molecular weight excluding hydrogens is 308 g/mol. The summed E-state index contributed by atoms with van der Waals surface area (Å²) < 4.78 is 0. The topological polar surface area (TPSA) is 124 Å². The number of fused-ring (bicyclic) bond motifs is 1. The fourth-order valence-corrected chi connectivity index (χ4v) is 4.17. The quantitative estimate of drug-likeness (QED) is 0.462. The number of carboxylic acids is 1. The lowest BCUT2D eigenvalue weighted by atomic mass is 9.96. The van der Waals surface area contributed by atoms with E-state index in [1.54, 1.807) is 0 Å². The van der Waals surface area contributed by atoms with E-state index in [0.29, 0.717) is 11.1 Å². The first kappa shape index (κ1) is 14.7. The molecule has 3 atom stereocenters. The average Bonchev–Trinajstić information content (AvgIpc) is 2.48. The number of hydrogen-bond donors (Lipinski definition) is 4. The summed E-state index contributed by atoms with van der Waals surface area (Å²) in [6.45, 7) is 1.82. The number of rotatable bonds is 2. The van der Waals surface area contributed by atoms with E-state index in [9.17, 15) is 24.9 Å². The molecule has 8 heteroatoms. The number of aromatic hydroxyl groups is 2. The zero-order valence-electron chi connectivity index (χ0n) is 11.6. The van der Waals surface area contributed by atoms with Gasteiger partial charge in [0.25, 0.3) is 0 Å². The normalized spacial score (nSPS) is 27.5. The number of β-lactam (4-membered cyclic amide) rings is 1. The number of carbonyl (C=O) groups is 2. The number of phenolic OH excluding ortho intramolecular Hbond substituents is 2. The standard InChI is InChI=1S/C14H14N2O5S/c1-5-9(6-2-3-7(17)8(18)4-6)11(14(20)21)16-12(19)10(15)13(16)22-5/h2-5,10,13,17-18H,15H2,1H3,(H,20,21)/t5?,10?,13-/m1/s1. The van der Waals surface area contributed by atoms with Crippen LogP contribution in [0.5, 0.6) is 11.5 Å². The summed E-state index contributed by atoms with van der Waals surface area (Å²) >= 11 is 1.40. The maximum absolute atomic E-state index is 11.9. The highest BCUT2D eigenvalue weighted by atomic mass is 32.2. The van der Waals surface area contributed by atoms with Crippen LogP contribution in [-0.2, 0) is 9.59 Å². The number of phenols is 2. The molecule has 2 aliphatic rings. The van der Waals surface area contributed by atoms with Crippen LogP contribution in [0.4, 0.5) is 0 Å². The molecular formula is C14H14N2O5S. The molecule has 1 fully saturated rings. The van der Waals surface area contributed by atoms with E-state index in [4.69, 9.17) is 5.73 Å². The number of nitrogens with zero attached hydrogens (tertiary/aromatic N) is 1. The predicted molar refractivity (Wildman–Crippen MR) is 80.0 cm³/mol. The largest absolute Gasteiger partial charge is 0.504 e. The SMILES string of the molecule is CC1S[C@@H]2C(N)C(=O)N2C(C(=O)O)=C1c1ccc(O)c(O)c1. The van der Waals surface area contributed by atoms with Gasteiger partial charge in [-0.3, -0.25) is 9.69 Å². The Morgan fingerprint density at radius 1 is 1.32 bits per heavy atom. The summed E-state index contributed by atoms with van der Waals surface area (Å²) in [4.78, 5) is 24.8. The van der Waals surface area contributed by atoms with Crippen LogP contribution in [0.1, 0.15) is 12.5 Å². The summed E-state index contributed by atoms with van der Waals surface area (Å²) in [5.41, 5.74) is 6.48. The molecule has 7 nitrogen and oxygen atoms in total. The second kappa shape index (κ2) is 4.92. The average molecular weight is 322 g/mol. The summed E-state index contributed by atoms with van der Waals surface area (Å²) in [5, 5.41) is 27.9. The zero-order chi connectivity index (χ0) is 16.2. The first-order valence-electron chi connectivity index (χ1n) is 6.57. The molecule has 2 unspecified atom stereocenters. The van der Waals surface area contributed by atoms with Crippen molar-refractivity contribution in [2.75, 3.05) is 0 Å². The van der Waals surface area contributed by atoms with Crippen LogP contribution in [0, 0.1) is 0 Å². The Labute approximate surface area is 130 Å². The smallest absolute Gasteiger partial charge is 0.352 e. The molecule has 1 amide bonds. The highest BCUT2D eigenvalue weighted by molar-refractivity contribution is 8.01. The molecule has 3 rings (SSSR count). The minimum atomic E-state index is -1.22. The van der Waals surface area contributed by atoms with Gasteiger partial charge in [0.05, 0.1) is 0 Å². The lowest BCUT2D eigenvalue weighted by molar-refractivity contribution is -0.147. The number of carbonyl (C=O) groups excluding carboxylic acids is 1. The van der Waals surface area contributed by atoms with Crippen LogP contribution >= 0.6 is 11.8 Å². The van der Waals surface area contributed by atoms with Crippen molar-refractivity contribution in [1.82, 2.24) is 4.90 Å². The van der Waals surface area contributed by atoms with Gasteiger partial charge in [-0.1, -0.05) is 6.07 Å². The number of hydrogen-bond acceptors (Lipinski definition) is 6. The van der Waals surface area contributed by atoms with E-state index in [-0.39, 0.29) is 27.8 Å². The highest BCUT2D eigenvalue weighted by Crippen LogP contribution is 2.47. The Morgan fingerprint density at radius 2 is 2.00 bits per heavy atom. The molecule has 22 heavy (non-hydrogen) atoms. The van der Waals surface area contributed by atoms with Crippen molar-refractivity contribution >= 4 is 29.2 Å². The van der Waals surface area contributed by atoms with Gasteiger partial charge in [-0.05, 0) is 24.6 Å². The highest BCUT2D eigenvalue weighted by Gasteiger charge is 2.53. The van der Waals surface area contributed by atoms with E-state index >= 15 is 0 Å². The summed E-state index contributed by atoms with van der Waals surface area (Å²) in [6.07, 6.45) is 0. The van der Waals surface area contributed by atoms with Crippen molar-refractivity contribution in [3.63, 3.8) is 0 Å². The van der Waals surface area contributed by atoms with Crippen LogP contribution in [0.15, 0.2) is 23.9 Å². The third-order valence-corrected chi connectivity index (χ3v) is 5.25. The van der Waals surface area contributed by atoms with E-state index in [0.717, 1.165) is 0 Å². The Hall–Kier alpha value is -2.19. The first-order valence-corrected chi connectivity index (χ1v) is 7.51. The third kappa shape index (κ3) is 1.95. The molecule has 1 aromatic carbocycles. The summed E-state index contributed by atoms with van der Waals surface area (Å²) in [7, 11) is 0.